The first-order chi connectivity index (χ1) is 4.88. The molecule has 1 aliphatic rings. The Hall–Kier alpha value is -0.700. The fourth-order valence-corrected chi connectivity index (χ4v) is 0.956. The van der Waals surface area contributed by atoms with Crippen molar-refractivity contribution in [3.8, 4) is 0 Å². The maximum absolute atomic E-state index is 5.23. The van der Waals surface area contributed by atoms with E-state index in [4.69, 9.17) is 14.2 Å². The van der Waals surface area contributed by atoms with E-state index in [0.29, 0.717) is 6.61 Å². The summed E-state index contributed by atoms with van der Waals surface area (Å²) in [5.74, 6) is 1.76. The van der Waals surface area contributed by atoms with E-state index in [9.17, 15) is 0 Å². The van der Waals surface area contributed by atoms with E-state index in [2.05, 4.69) is 0 Å². The third kappa shape index (κ3) is 1.42. The van der Waals surface area contributed by atoms with Gasteiger partial charge in [0, 0.05) is 13.5 Å². The van der Waals surface area contributed by atoms with Gasteiger partial charge in [-0.2, -0.15) is 0 Å². The van der Waals surface area contributed by atoms with Crippen LogP contribution in [0.3, 0.4) is 0 Å². The van der Waals surface area contributed by atoms with Gasteiger partial charge in [-0.1, -0.05) is 0 Å². The second-order valence-electron chi connectivity index (χ2n) is 2.08. The molecule has 1 heterocycles. The molecule has 0 aliphatic carbocycles. The van der Waals surface area contributed by atoms with Crippen LogP contribution in [0.2, 0.25) is 0 Å². The molecule has 3 nitrogen and oxygen atoms in total. The summed E-state index contributed by atoms with van der Waals surface area (Å²) < 4.78 is 15.2. The van der Waals surface area contributed by atoms with E-state index in [1.54, 1.807) is 14.2 Å². The zero-order valence-corrected chi connectivity index (χ0v) is 6.35. The molecule has 0 N–H and O–H groups in total. The summed E-state index contributed by atoms with van der Waals surface area (Å²) in [6.07, 6.45) is 0.870. The van der Waals surface area contributed by atoms with Crippen molar-refractivity contribution >= 4 is 0 Å². The standard InChI is InChI=1S/C7H12O3/c1-8-5-7-6(9-2)3-4-10-7/h3-5H2,1-2H3. The van der Waals surface area contributed by atoms with Crippen LogP contribution in [0.4, 0.5) is 0 Å². The number of rotatable bonds is 3. The molecule has 0 aromatic heterocycles. The summed E-state index contributed by atoms with van der Waals surface area (Å²) in [7, 11) is 3.29. The fourth-order valence-electron chi connectivity index (χ4n) is 0.956. The summed E-state index contributed by atoms with van der Waals surface area (Å²) in [4.78, 5) is 0. The number of hydrogen-bond acceptors (Lipinski definition) is 3. The molecule has 0 atom stereocenters. The molecule has 1 aliphatic heterocycles. The van der Waals surface area contributed by atoms with Crippen LogP contribution < -0.4 is 0 Å². The van der Waals surface area contributed by atoms with Gasteiger partial charge in [0.15, 0.2) is 5.76 Å². The highest BCUT2D eigenvalue weighted by molar-refractivity contribution is 5.06. The first-order valence-corrected chi connectivity index (χ1v) is 3.26. The minimum atomic E-state index is 0.517. The van der Waals surface area contributed by atoms with Crippen LogP contribution in [-0.4, -0.2) is 27.4 Å². The van der Waals surface area contributed by atoms with Crippen LogP contribution in [0.1, 0.15) is 6.42 Å². The summed E-state index contributed by atoms with van der Waals surface area (Å²) in [6, 6.07) is 0. The Morgan fingerprint density at radius 1 is 1.50 bits per heavy atom. The molecular weight excluding hydrogens is 132 g/mol. The molecule has 10 heavy (non-hydrogen) atoms. The van der Waals surface area contributed by atoms with Crippen LogP contribution in [0.25, 0.3) is 0 Å². The van der Waals surface area contributed by atoms with Gasteiger partial charge in [0.05, 0.1) is 13.7 Å². The summed E-state index contributed by atoms with van der Waals surface area (Å²) in [5, 5.41) is 0. The first kappa shape index (κ1) is 7.41. The minimum Gasteiger partial charge on any atom is -0.497 e. The SMILES string of the molecule is COCC1=C(OC)CCO1. The van der Waals surface area contributed by atoms with Crippen molar-refractivity contribution in [1.82, 2.24) is 0 Å². The van der Waals surface area contributed by atoms with Gasteiger partial charge < -0.3 is 14.2 Å². The average molecular weight is 144 g/mol. The summed E-state index contributed by atoms with van der Waals surface area (Å²) in [5.41, 5.74) is 0. The Labute approximate surface area is 60.6 Å². The quantitative estimate of drug-likeness (QED) is 0.589. The van der Waals surface area contributed by atoms with Crippen molar-refractivity contribution in [1.29, 1.82) is 0 Å². The van der Waals surface area contributed by atoms with Crippen molar-refractivity contribution in [3.63, 3.8) is 0 Å². The van der Waals surface area contributed by atoms with E-state index in [1.165, 1.54) is 0 Å². The number of methoxy groups -OCH3 is 2. The molecule has 0 radical (unpaired) electrons. The Morgan fingerprint density at radius 2 is 2.30 bits per heavy atom. The molecule has 0 fully saturated rings. The summed E-state index contributed by atoms with van der Waals surface area (Å²) >= 11 is 0. The molecule has 0 saturated heterocycles. The smallest absolute Gasteiger partial charge is 0.159 e. The predicted octanol–water partition coefficient (Wildman–Crippen LogP) is 0.911. The molecular formula is C7H12O3. The van der Waals surface area contributed by atoms with Gasteiger partial charge in [-0.3, -0.25) is 0 Å². The maximum Gasteiger partial charge on any atom is 0.159 e. The highest BCUT2D eigenvalue weighted by Gasteiger charge is 2.15. The third-order valence-corrected chi connectivity index (χ3v) is 1.44. The van der Waals surface area contributed by atoms with E-state index in [0.717, 1.165) is 24.5 Å². The van der Waals surface area contributed by atoms with Gasteiger partial charge >= 0.3 is 0 Å². The molecule has 0 saturated carbocycles. The van der Waals surface area contributed by atoms with Crippen molar-refractivity contribution in [2.45, 2.75) is 6.42 Å². The van der Waals surface area contributed by atoms with Crippen LogP contribution >= 0.6 is 0 Å². The summed E-state index contributed by atoms with van der Waals surface area (Å²) in [6.45, 7) is 1.24. The van der Waals surface area contributed by atoms with Crippen molar-refractivity contribution < 1.29 is 14.2 Å². The second kappa shape index (κ2) is 3.46. The normalized spacial score (nSPS) is 17.4. The number of hydrogen-bond donors (Lipinski definition) is 0. The van der Waals surface area contributed by atoms with Gasteiger partial charge in [-0.25, -0.2) is 0 Å². The lowest BCUT2D eigenvalue weighted by molar-refractivity contribution is 0.143. The van der Waals surface area contributed by atoms with Gasteiger partial charge in [0.2, 0.25) is 0 Å². The highest BCUT2D eigenvalue weighted by Crippen LogP contribution is 2.18. The van der Waals surface area contributed by atoms with E-state index >= 15 is 0 Å². The minimum absolute atomic E-state index is 0.517. The lowest BCUT2D eigenvalue weighted by atomic mass is 10.4. The third-order valence-electron chi connectivity index (χ3n) is 1.44. The van der Waals surface area contributed by atoms with E-state index < -0.39 is 0 Å². The Kier molecular flexibility index (Phi) is 2.57. The lowest BCUT2D eigenvalue weighted by Crippen LogP contribution is -1.96. The van der Waals surface area contributed by atoms with Crippen LogP contribution in [0.5, 0.6) is 0 Å². The second-order valence-corrected chi connectivity index (χ2v) is 2.08. The van der Waals surface area contributed by atoms with Gasteiger partial charge in [-0.15, -0.1) is 0 Å². The monoisotopic (exact) mass is 144 g/mol. The largest absolute Gasteiger partial charge is 0.497 e. The highest BCUT2D eigenvalue weighted by atomic mass is 16.5. The zero-order chi connectivity index (χ0) is 7.40. The molecule has 1 rings (SSSR count). The lowest BCUT2D eigenvalue weighted by Gasteiger charge is -2.02. The molecule has 58 valence electrons. The van der Waals surface area contributed by atoms with Gasteiger partial charge in [-0.05, 0) is 0 Å². The Bertz CT molecular complexity index is 140. The van der Waals surface area contributed by atoms with Crippen molar-refractivity contribution in [3.05, 3.63) is 11.5 Å². The Morgan fingerprint density at radius 3 is 2.90 bits per heavy atom. The topological polar surface area (TPSA) is 27.7 Å². The van der Waals surface area contributed by atoms with Gasteiger partial charge in [0.25, 0.3) is 0 Å². The van der Waals surface area contributed by atoms with E-state index in [-0.39, 0.29) is 0 Å². The molecule has 0 aromatic carbocycles. The van der Waals surface area contributed by atoms with Gasteiger partial charge in [0.1, 0.15) is 12.4 Å². The van der Waals surface area contributed by atoms with E-state index in [1.807, 2.05) is 0 Å². The molecule has 0 amide bonds. The molecule has 0 unspecified atom stereocenters. The predicted molar refractivity (Wildman–Crippen MR) is 36.5 cm³/mol. The van der Waals surface area contributed by atoms with Crippen molar-refractivity contribution in [2.75, 3.05) is 27.4 Å². The van der Waals surface area contributed by atoms with Crippen LogP contribution in [-0.2, 0) is 14.2 Å². The maximum atomic E-state index is 5.23. The zero-order valence-electron chi connectivity index (χ0n) is 6.35. The Balaban J connectivity index is 2.50. The first-order valence-electron chi connectivity index (χ1n) is 3.26. The molecule has 3 heteroatoms. The fraction of sp³-hybridized carbons (Fsp3) is 0.714. The molecule has 0 bridgehead atoms. The van der Waals surface area contributed by atoms with Crippen molar-refractivity contribution in [2.24, 2.45) is 0 Å². The van der Waals surface area contributed by atoms with Crippen LogP contribution in [0, 0.1) is 0 Å². The molecule has 0 aromatic rings. The average Bonchev–Trinajstić information content (AvgIpc) is 2.36. The van der Waals surface area contributed by atoms with Crippen LogP contribution in [0.15, 0.2) is 11.5 Å². The molecule has 0 spiro atoms. The number of ether oxygens (including phenoxy) is 3.